The van der Waals surface area contributed by atoms with Gasteiger partial charge in [0, 0.05) is 17.2 Å². The van der Waals surface area contributed by atoms with Crippen LogP contribution in [-0.2, 0) is 0 Å². The van der Waals surface area contributed by atoms with Gasteiger partial charge in [0.1, 0.15) is 51.6 Å². The van der Waals surface area contributed by atoms with Gasteiger partial charge in [0.05, 0.1) is 55.3 Å². The summed E-state index contributed by atoms with van der Waals surface area (Å²) in [6, 6.07) is 21.7. The summed E-state index contributed by atoms with van der Waals surface area (Å²) < 4.78 is 33.7. The molecule has 2 aromatic heterocycles. The molecule has 6 rings (SSSR count). The number of rotatable bonds is 11. The van der Waals surface area contributed by atoms with Crippen LogP contribution < -0.4 is 35.7 Å². The number of aromatic nitrogens is 4. The Kier molecular flexibility index (Phi) is 9.88. The lowest BCUT2D eigenvalue weighted by Crippen LogP contribution is -2.27. The molecular formula is C31H26N10O5S2. The quantitative estimate of drug-likeness (QED) is 0.102. The fourth-order valence-corrected chi connectivity index (χ4v) is 5.48. The maximum atomic E-state index is 12.9. The lowest BCUT2D eigenvalue weighted by atomic mass is 10.1. The van der Waals surface area contributed by atoms with Gasteiger partial charge in [-0.3, -0.25) is 0 Å². The van der Waals surface area contributed by atoms with Gasteiger partial charge in [-0.15, -0.1) is 0 Å². The average Bonchev–Trinajstić information content (AvgIpc) is 3.80. The smallest absolute Gasteiger partial charge is 0.339 e. The van der Waals surface area contributed by atoms with Crippen molar-refractivity contribution in [2.45, 2.75) is 0 Å². The fraction of sp³-hybridized carbons (Fsp3) is 0.0968. The highest BCUT2D eigenvalue weighted by atomic mass is 32.1. The number of nitrogens with one attached hydrogen (secondary N) is 4. The summed E-state index contributed by atoms with van der Waals surface area (Å²) in [6.45, 7) is -0.0637. The van der Waals surface area contributed by atoms with Crippen molar-refractivity contribution >= 4 is 80.9 Å². The molecule has 0 aliphatic rings. The molecule has 0 aliphatic heterocycles. The molecule has 242 valence electrons. The SMILES string of the molecule is COc1ccc(/C(COc2cc(OC)ccc2/C=N/NC(=O)Nc2cccc3nsnc23)=N/NC(=O)Nc2cccc3nsnc23)cc1. The van der Waals surface area contributed by atoms with Gasteiger partial charge >= 0.3 is 12.1 Å². The van der Waals surface area contributed by atoms with E-state index in [-0.39, 0.29) is 6.61 Å². The predicted octanol–water partition coefficient (Wildman–Crippen LogP) is 5.47. The van der Waals surface area contributed by atoms with Crippen LogP contribution in [0.5, 0.6) is 17.2 Å². The zero-order valence-electron chi connectivity index (χ0n) is 25.3. The Morgan fingerprint density at radius 2 is 1.35 bits per heavy atom. The molecule has 6 aromatic rings. The van der Waals surface area contributed by atoms with Crippen molar-refractivity contribution in [2.24, 2.45) is 10.2 Å². The molecule has 0 saturated heterocycles. The van der Waals surface area contributed by atoms with Crippen LogP contribution >= 0.6 is 23.5 Å². The standard InChI is InChI=1S/C31H26N10O5S2/c1-44-20-12-9-18(10-13-20)26(35-37-31(43)34-23-6-4-8-25-29(23)41-48-39-25)17-46-27-15-21(45-2)14-11-19(27)16-32-36-30(42)33-22-5-3-7-24-28(22)40-47-38-24/h3-16H,17H2,1-2H3,(H2,33,36,42)(H2,34,37,43)/b32-16+,35-26+. The van der Waals surface area contributed by atoms with E-state index in [4.69, 9.17) is 14.2 Å². The number of anilines is 2. The Labute approximate surface area is 281 Å². The number of carbonyl (C=O) groups is 2. The van der Waals surface area contributed by atoms with Crippen LogP contribution in [0.15, 0.2) is 89.1 Å². The van der Waals surface area contributed by atoms with Gasteiger partial charge in [-0.05, 0) is 60.7 Å². The lowest BCUT2D eigenvalue weighted by molar-refractivity contribution is 0.251. The summed E-state index contributed by atoms with van der Waals surface area (Å²) in [5, 5.41) is 13.9. The number of hydrogen-bond acceptors (Lipinski definition) is 13. The minimum Gasteiger partial charge on any atom is -0.497 e. The van der Waals surface area contributed by atoms with Gasteiger partial charge in [0.25, 0.3) is 0 Å². The Bertz CT molecular complexity index is 2130. The number of carbonyl (C=O) groups excluding carboxylic acids is 2. The Balaban J connectivity index is 1.17. The van der Waals surface area contributed by atoms with Gasteiger partial charge < -0.3 is 24.8 Å². The van der Waals surface area contributed by atoms with Crippen molar-refractivity contribution in [3.63, 3.8) is 0 Å². The van der Waals surface area contributed by atoms with Crippen molar-refractivity contribution in [1.82, 2.24) is 28.3 Å². The van der Waals surface area contributed by atoms with E-state index in [1.807, 2.05) is 12.1 Å². The minimum atomic E-state index is -0.581. The number of hydrazone groups is 2. The molecule has 0 bridgehead atoms. The molecule has 48 heavy (non-hydrogen) atoms. The number of methoxy groups -OCH3 is 2. The Morgan fingerprint density at radius 3 is 1.98 bits per heavy atom. The van der Waals surface area contributed by atoms with Gasteiger partial charge in [0.15, 0.2) is 0 Å². The second-order valence-electron chi connectivity index (χ2n) is 9.74. The molecule has 17 heteroatoms. The van der Waals surface area contributed by atoms with Crippen LogP contribution in [0, 0.1) is 0 Å². The van der Waals surface area contributed by atoms with Crippen molar-refractivity contribution in [1.29, 1.82) is 0 Å². The molecule has 15 nitrogen and oxygen atoms in total. The maximum Gasteiger partial charge on any atom is 0.339 e. The van der Waals surface area contributed by atoms with E-state index >= 15 is 0 Å². The number of fused-ring (bicyclic) bond motifs is 2. The van der Waals surface area contributed by atoms with Gasteiger partial charge in [0.2, 0.25) is 0 Å². The average molecular weight is 683 g/mol. The molecule has 0 radical (unpaired) electrons. The summed E-state index contributed by atoms with van der Waals surface area (Å²) in [5.74, 6) is 1.56. The first-order chi connectivity index (χ1) is 23.5. The highest BCUT2D eigenvalue weighted by Gasteiger charge is 2.13. The molecule has 0 spiro atoms. The van der Waals surface area contributed by atoms with E-state index in [0.29, 0.717) is 67.5 Å². The molecule has 0 saturated carbocycles. The maximum absolute atomic E-state index is 12.9. The number of amides is 4. The summed E-state index contributed by atoms with van der Waals surface area (Å²) in [6.07, 6.45) is 1.43. The molecule has 4 N–H and O–H groups in total. The number of urea groups is 2. The summed E-state index contributed by atoms with van der Waals surface area (Å²) in [4.78, 5) is 25.4. The van der Waals surface area contributed by atoms with E-state index in [0.717, 1.165) is 23.5 Å². The second kappa shape index (κ2) is 14.9. The van der Waals surface area contributed by atoms with E-state index < -0.39 is 12.1 Å². The molecule has 2 heterocycles. The van der Waals surface area contributed by atoms with Gasteiger partial charge in [-0.1, -0.05) is 12.1 Å². The van der Waals surface area contributed by atoms with E-state index in [2.05, 4.69) is 49.2 Å². The van der Waals surface area contributed by atoms with E-state index in [1.165, 1.54) is 13.3 Å². The Hall–Kier alpha value is -6.20. The summed E-state index contributed by atoms with van der Waals surface area (Å²) in [7, 11) is 3.10. The number of hydrogen-bond donors (Lipinski definition) is 4. The van der Waals surface area contributed by atoms with E-state index in [1.54, 1.807) is 73.8 Å². The molecule has 0 aliphatic carbocycles. The lowest BCUT2D eigenvalue weighted by Gasteiger charge is -2.13. The summed E-state index contributed by atoms with van der Waals surface area (Å²) in [5.41, 5.74) is 10.1. The van der Waals surface area contributed by atoms with Crippen LogP contribution in [-0.4, -0.2) is 62.3 Å². The fourth-order valence-electron chi connectivity index (χ4n) is 4.38. The van der Waals surface area contributed by atoms with Crippen molar-refractivity contribution in [3.05, 3.63) is 90.0 Å². The zero-order chi connectivity index (χ0) is 33.3. The van der Waals surface area contributed by atoms with Gasteiger partial charge in [-0.2, -0.15) is 27.7 Å². The Morgan fingerprint density at radius 1 is 0.750 bits per heavy atom. The summed E-state index contributed by atoms with van der Waals surface area (Å²) >= 11 is 2.11. The van der Waals surface area contributed by atoms with Crippen molar-refractivity contribution in [2.75, 3.05) is 31.5 Å². The monoisotopic (exact) mass is 682 g/mol. The third-order valence-electron chi connectivity index (χ3n) is 6.74. The van der Waals surface area contributed by atoms with Crippen LogP contribution in [0.2, 0.25) is 0 Å². The van der Waals surface area contributed by atoms with Crippen LogP contribution in [0.1, 0.15) is 11.1 Å². The second-order valence-corrected chi connectivity index (χ2v) is 10.8. The number of ether oxygens (including phenoxy) is 3. The topological polar surface area (TPSA) is 186 Å². The predicted molar refractivity (Wildman–Crippen MR) is 185 cm³/mol. The van der Waals surface area contributed by atoms with Crippen LogP contribution in [0.3, 0.4) is 0 Å². The van der Waals surface area contributed by atoms with Crippen LogP contribution in [0.4, 0.5) is 21.0 Å². The largest absolute Gasteiger partial charge is 0.497 e. The molecule has 0 atom stereocenters. The van der Waals surface area contributed by atoms with E-state index in [9.17, 15) is 9.59 Å². The minimum absolute atomic E-state index is 0.0637. The normalized spacial score (nSPS) is 11.4. The van der Waals surface area contributed by atoms with Crippen molar-refractivity contribution < 1.29 is 23.8 Å². The third-order valence-corrected chi connectivity index (χ3v) is 7.82. The van der Waals surface area contributed by atoms with Crippen molar-refractivity contribution in [3.8, 4) is 17.2 Å². The number of benzene rings is 4. The zero-order valence-corrected chi connectivity index (χ0v) is 27.0. The molecule has 0 fully saturated rings. The molecule has 4 aromatic carbocycles. The van der Waals surface area contributed by atoms with Crippen LogP contribution in [0.25, 0.3) is 22.1 Å². The number of nitrogens with zero attached hydrogens (tertiary/aromatic N) is 6. The third kappa shape index (κ3) is 7.60. The molecule has 4 amide bonds. The molecular weight excluding hydrogens is 657 g/mol. The first-order valence-electron chi connectivity index (χ1n) is 14.1. The molecule has 0 unspecified atom stereocenters. The highest BCUT2D eigenvalue weighted by molar-refractivity contribution is 7.00. The first kappa shape index (κ1) is 31.8. The first-order valence-corrected chi connectivity index (χ1v) is 15.6. The highest BCUT2D eigenvalue weighted by Crippen LogP contribution is 2.25. The van der Waals surface area contributed by atoms with Gasteiger partial charge in [-0.25, -0.2) is 20.4 Å².